The molecule has 0 aromatic carbocycles. The fraction of sp³-hybridized carbons (Fsp3) is 0.778. The molecule has 1 fully saturated rings. The number of carbonyl (C=O) groups excluding carboxylic acids is 2. The van der Waals surface area contributed by atoms with E-state index in [0.29, 0.717) is 19.0 Å². The van der Waals surface area contributed by atoms with Crippen molar-refractivity contribution in [3.8, 4) is 0 Å². The Hall–Kier alpha value is -1.06. The molecule has 0 spiro atoms. The van der Waals surface area contributed by atoms with E-state index in [9.17, 15) is 9.59 Å². The number of likely N-dealkylation sites (tertiary alicyclic amines) is 1. The number of nitrogens with one attached hydrogen (secondary N) is 1. The number of amides is 2. The molecule has 1 N–H and O–H groups in total. The Balaban J connectivity index is 2.31. The lowest BCUT2D eigenvalue weighted by molar-refractivity contribution is -0.129. The van der Waals surface area contributed by atoms with Crippen molar-refractivity contribution in [3.05, 3.63) is 0 Å². The first-order chi connectivity index (χ1) is 6.25. The highest BCUT2D eigenvalue weighted by Gasteiger charge is 2.25. The third kappa shape index (κ3) is 2.72. The van der Waals surface area contributed by atoms with Crippen molar-refractivity contribution in [2.45, 2.75) is 32.2 Å². The third-order valence-electron chi connectivity index (χ3n) is 2.49. The van der Waals surface area contributed by atoms with Gasteiger partial charge in [0.25, 0.3) is 0 Å². The Morgan fingerprint density at radius 2 is 2.46 bits per heavy atom. The molecule has 1 aliphatic heterocycles. The first kappa shape index (κ1) is 10.0. The molecule has 74 valence electrons. The average molecular weight is 184 g/mol. The van der Waals surface area contributed by atoms with Gasteiger partial charge in [-0.05, 0) is 19.3 Å². The summed E-state index contributed by atoms with van der Waals surface area (Å²) in [5.41, 5.74) is 0. The number of hydrogen-bond donors (Lipinski definition) is 1. The summed E-state index contributed by atoms with van der Waals surface area (Å²) in [4.78, 5) is 23.0. The van der Waals surface area contributed by atoms with Gasteiger partial charge in [0.15, 0.2) is 0 Å². The smallest absolute Gasteiger partial charge is 0.219 e. The van der Waals surface area contributed by atoms with Gasteiger partial charge >= 0.3 is 0 Å². The largest absolute Gasteiger partial charge is 0.359 e. The van der Waals surface area contributed by atoms with Crippen LogP contribution in [0, 0.1) is 0 Å². The van der Waals surface area contributed by atoms with Crippen LogP contribution in [0.4, 0.5) is 0 Å². The molecule has 1 aliphatic rings. The summed E-state index contributed by atoms with van der Waals surface area (Å²) < 4.78 is 0. The quantitative estimate of drug-likeness (QED) is 0.499. The second-order valence-electron chi connectivity index (χ2n) is 3.37. The van der Waals surface area contributed by atoms with E-state index in [2.05, 4.69) is 5.32 Å². The maximum atomic E-state index is 11.1. The van der Waals surface area contributed by atoms with Crippen molar-refractivity contribution in [3.63, 3.8) is 0 Å². The predicted molar refractivity (Wildman–Crippen MR) is 49.1 cm³/mol. The van der Waals surface area contributed by atoms with E-state index in [1.165, 1.54) is 0 Å². The Morgan fingerprint density at radius 3 is 3.08 bits per heavy atom. The highest BCUT2D eigenvalue weighted by Crippen LogP contribution is 2.19. The van der Waals surface area contributed by atoms with Crippen molar-refractivity contribution >= 4 is 12.3 Å². The van der Waals surface area contributed by atoms with Gasteiger partial charge in [0.2, 0.25) is 12.3 Å². The average Bonchev–Trinajstić information content (AvgIpc) is 2.53. The molecular weight excluding hydrogens is 168 g/mol. The first-order valence-corrected chi connectivity index (χ1v) is 4.70. The lowest BCUT2D eigenvalue weighted by Crippen LogP contribution is -2.35. The summed E-state index contributed by atoms with van der Waals surface area (Å²) in [6, 6.07) is 0.338. The monoisotopic (exact) mass is 184 g/mol. The molecule has 1 rings (SSSR count). The molecule has 2 amide bonds. The molecule has 0 bridgehead atoms. The van der Waals surface area contributed by atoms with Gasteiger partial charge < -0.3 is 10.2 Å². The summed E-state index contributed by atoms with van der Waals surface area (Å²) >= 11 is 0. The van der Waals surface area contributed by atoms with Gasteiger partial charge in [0.1, 0.15) is 0 Å². The fourth-order valence-electron chi connectivity index (χ4n) is 1.86. The molecule has 1 atom stereocenters. The molecule has 4 heteroatoms. The van der Waals surface area contributed by atoms with Crippen molar-refractivity contribution in [2.75, 3.05) is 13.1 Å². The lowest BCUT2D eigenvalue weighted by atomic mass is 10.1. The maximum absolute atomic E-state index is 11.1. The Kier molecular flexibility index (Phi) is 3.73. The molecule has 1 heterocycles. The summed E-state index contributed by atoms with van der Waals surface area (Å²) in [7, 11) is 0. The molecule has 0 radical (unpaired) electrons. The Labute approximate surface area is 78.3 Å². The van der Waals surface area contributed by atoms with E-state index in [-0.39, 0.29) is 5.91 Å². The fourth-order valence-corrected chi connectivity index (χ4v) is 1.86. The highest BCUT2D eigenvalue weighted by atomic mass is 16.2. The number of carbonyl (C=O) groups is 2. The van der Waals surface area contributed by atoms with Crippen LogP contribution in [0.25, 0.3) is 0 Å². The predicted octanol–water partition coefficient (Wildman–Crippen LogP) is 0.133. The molecule has 0 saturated carbocycles. The standard InChI is InChI=1S/C9H16N2O2/c1-8(13)11-6-2-3-9(11)4-5-10-7-12/h7,9H,2-6H2,1H3,(H,10,12). The molecule has 0 aromatic rings. The molecule has 1 saturated heterocycles. The van der Waals surface area contributed by atoms with Crippen LogP contribution in [0.2, 0.25) is 0 Å². The van der Waals surface area contributed by atoms with Crippen LogP contribution < -0.4 is 5.32 Å². The molecule has 4 nitrogen and oxygen atoms in total. The van der Waals surface area contributed by atoms with Crippen molar-refractivity contribution in [1.82, 2.24) is 10.2 Å². The van der Waals surface area contributed by atoms with Crippen LogP contribution in [0.1, 0.15) is 26.2 Å². The first-order valence-electron chi connectivity index (χ1n) is 4.70. The number of nitrogens with zero attached hydrogens (tertiary/aromatic N) is 1. The normalized spacial score (nSPS) is 21.6. The Bertz CT molecular complexity index is 194. The van der Waals surface area contributed by atoms with Gasteiger partial charge in [-0.25, -0.2) is 0 Å². The van der Waals surface area contributed by atoms with Crippen molar-refractivity contribution < 1.29 is 9.59 Å². The van der Waals surface area contributed by atoms with Gasteiger partial charge in [0, 0.05) is 26.1 Å². The van der Waals surface area contributed by atoms with Crippen molar-refractivity contribution in [2.24, 2.45) is 0 Å². The summed E-state index contributed by atoms with van der Waals surface area (Å²) in [6.07, 6.45) is 3.73. The van der Waals surface area contributed by atoms with E-state index in [4.69, 9.17) is 0 Å². The second-order valence-corrected chi connectivity index (χ2v) is 3.37. The number of hydrogen-bond acceptors (Lipinski definition) is 2. The second kappa shape index (κ2) is 4.84. The number of rotatable bonds is 4. The van der Waals surface area contributed by atoms with E-state index >= 15 is 0 Å². The SMILES string of the molecule is CC(=O)N1CCCC1CCNC=O. The minimum absolute atomic E-state index is 0.147. The van der Waals surface area contributed by atoms with Gasteiger partial charge in [-0.1, -0.05) is 0 Å². The maximum Gasteiger partial charge on any atom is 0.219 e. The van der Waals surface area contributed by atoms with Crippen LogP contribution in [0.3, 0.4) is 0 Å². The highest BCUT2D eigenvalue weighted by molar-refractivity contribution is 5.73. The molecule has 1 unspecified atom stereocenters. The summed E-state index contributed by atoms with van der Waals surface area (Å²) in [5.74, 6) is 0.147. The molecule has 0 aromatic heterocycles. The van der Waals surface area contributed by atoms with E-state index < -0.39 is 0 Å². The van der Waals surface area contributed by atoms with Crippen LogP contribution in [-0.2, 0) is 9.59 Å². The van der Waals surface area contributed by atoms with Gasteiger partial charge in [-0.15, -0.1) is 0 Å². The Morgan fingerprint density at radius 1 is 1.69 bits per heavy atom. The zero-order chi connectivity index (χ0) is 9.68. The summed E-state index contributed by atoms with van der Waals surface area (Å²) in [6.45, 7) is 3.14. The van der Waals surface area contributed by atoms with Crippen LogP contribution in [0.5, 0.6) is 0 Å². The lowest BCUT2D eigenvalue weighted by Gasteiger charge is -2.22. The van der Waals surface area contributed by atoms with Crippen LogP contribution >= 0.6 is 0 Å². The van der Waals surface area contributed by atoms with E-state index in [0.717, 1.165) is 25.8 Å². The van der Waals surface area contributed by atoms with Crippen LogP contribution in [0.15, 0.2) is 0 Å². The topological polar surface area (TPSA) is 49.4 Å². The third-order valence-corrected chi connectivity index (χ3v) is 2.49. The zero-order valence-corrected chi connectivity index (χ0v) is 7.95. The minimum atomic E-state index is 0.147. The van der Waals surface area contributed by atoms with Gasteiger partial charge in [0.05, 0.1) is 0 Å². The van der Waals surface area contributed by atoms with E-state index in [1.807, 2.05) is 4.90 Å². The molecule has 13 heavy (non-hydrogen) atoms. The van der Waals surface area contributed by atoms with Gasteiger partial charge in [-0.2, -0.15) is 0 Å². The van der Waals surface area contributed by atoms with Crippen molar-refractivity contribution in [1.29, 1.82) is 0 Å². The van der Waals surface area contributed by atoms with Crippen LogP contribution in [-0.4, -0.2) is 36.3 Å². The van der Waals surface area contributed by atoms with E-state index in [1.54, 1.807) is 6.92 Å². The van der Waals surface area contributed by atoms with Gasteiger partial charge in [-0.3, -0.25) is 9.59 Å². The minimum Gasteiger partial charge on any atom is -0.359 e. The summed E-state index contributed by atoms with van der Waals surface area (Å²) in [5, 5.41) is 2.62. The zero-order valence-electron chi connectivity index (χ0n) is 7.95. The molecular formula is C9H16N2O2. The molecule has 0 aliphatic carbocycles.